The van der Waals surface area contributed by atoms with Crippen LogP contribution >= 0.6 is 0 Å². The van der Waals surface area contributed by atoms with E-state index in [-0.39, 0.29) is 13.3 Å². The van der Waals surface area contributed by atoms with Gasteiger partial charge in [-0.25, -0.2) is 0 Å². The first-order valence-electron chi connectivity index (χ1n) is 11.7. The van der Waals surface area contributed by atoms with Crippen molar-refractivity contribution in [2.45, 2.75) is 20.3 Å². The topological polar surface area (TPSA) is 61.4 Å². The molecule has 1 aliphatic rings. The number of pyridine rings is 2. The fraction of sp³-hybridized carbons (Fsp3) is 0.321. The molecule has 1 saturated heterocycles. The number of unbranched alkanes of at least 4 members (excludes halogenated alkanes) is 1. The molecule has 0 atom stereocenters. The smallest absolute Gasteiger partial charge is 0.269 e. The number of rotatable bonds is 7. The summed E-state index contributed by atoms with van der Waals surface area (Å²) >= 11 is 0. The third kappa shape index (κ3) is 5.51. The number of hydrogen-bond acceptors (Lipinski definition) is 5. The number of carbonyl (C=O) groups is 1. The fourth-order valence-corrected chi connectivity index (χ4v) is 4.42. The molecule has 6 heteroatoms. The van der Waals surface area contributed by atoms with Gasteiger partial charge in [0, 0.05) is 49.7 Å². The Labute approximate surface area is 201 Å². The van der Waals surface area contributed by atoms with Crippen LogP contribution in [0.4, 0.5) is 5.69 Å². The minimum Gasteiger partial charge on any atom is -0.368 e. The average Bonchev–Trinajstić information content (AvgIpc) is 2.88. The number of para-hydroxylation sites is 1. The van der Waals surface area contributed by atoms with Gasteiger partial charge in [0.2, 0.25) is 0 Å². The van der Waals surface area contributed by atoms with E-state index in [0.29, 0.717) is 12.2 Å². The zero-order valence-electron chi connectivity index (χ0n) is 18.8. The zero-order chi connectivity index (χ0) is 22.5. The van der Waals surface area contributed by atoms with Gasteiger partial charge in [0.1, 0.15) is 5.69 Å². The first kappa shape index (κ1) is 23.6. The molecule has 176 valence electrons. The van der Waals surface area contributed by atoms with Crippen LogP contribution in [0.2, 0.25) is 0 Å². The summed E-state index contributed by atoms with van der Waals surface area (Å²) in [4.78, 5) is 26.2. The van der Waals surface area contributed by atoms with Gasteiger partial charge in [0.25, 0.3) is 5.91 Å². The fourth-order valence-electron chi connectivity index (χ4n) is 4.42. The number of fused-ring (bicyclic) bond motifs is 2. The molecule has 2 aromatic carbocycles. The molecule has 0 radical (unpaired) electrons. The lowest BCUT2D eigenvalue weighted by Crippen LogP contribution is -2.46. The zero-order valence-corrected chi connectivity index (χ0v) is 18.8. The van der Waals surface area contributed by atoms with Gasteiger partial charge in [-0.15, -0.1) is 0 Å². The molecule has 6 nitrogen and oxygen atoms in total. The van der Waals surface area contributed by atoms with Gasteiger partial charge in [-0.3, -0.25) is 19.7 Å². The molecule has 0 bridgehead atoms. The SMILES string of the molecule is C.O=C(NCCCCN1CCN(c2cnc3ccccc3c2)CC1)c1cc2ccccc2cn1. The summed E-state index contributed by atoms with van der Waals surface area (Å²) in [6.07, 6.45) is 5.79. The molecule has 1 aliphatic heterocycles. The van der Waals surface area contributed by atoms with Crippen molar-refractivity contribution in [3.05, 3.63) is 78.8 Å². The van der Waals surface area contributed by atoms with Crippen LogP contribution in [-0.4, -0.2) is 60.0 Å². The van der Waals surface area contributed by atoms with Gasteiger partial charge in [-0.05, 0) is 43.0 Å². The third-order valence-electron chi connectivity index (χ3n) is 6.36. The lowest BCUT2D eigenvalue weighted by molar-refractivity contribution is 0.0947. The van der Waals surface area contributed by atoms with Crippen LogP contribution in [-0.2, 0) is 0 Å². The van der Waals surface area contributed by atoms with E-state index in [1.165, 1.54) is 11.1 Å². The van der Waals surface area contributed by atoms with E-state index in [9.17, 15) is 4.79 Å². The van der Waals surface area contributed by atoms with Gasteiger partial charge < -0.3 is 10.2 Å². The van der Waals surface area contributed by atoms with E-state index < -0.39 is 0 Å². The van der Waals surface area contributed by atoms with E-state index in [1.54, 1.807) is 6.20 Å². The van der Waals surface area contributed by atoms with Gasteiger partial charge in [-0.1, -0.05) is 49.9 Å². The van der Waals surface area contributed by atoms with Gasteiger partial charge in [0.15, 0.2) is 0 Å². The van der Waals surface area contributed by atoms with Crippen molar-refractivity contribution < 1.29 is 4.79 Å². The molecule has 1 fully saturated rings. The second-order valence-corrected chi connectivity index (χ2v) is 8.59. The normalized spacial score (nSPS) is 14.2. The summed E-state index contributed by atoms with van der Waals surface area (Å²) in [7, 11) is 0. The molecule has 1 N–H and O–H groups in total. The number of anilines is 1. The summed E-state index contributed by atoms with van der Waals surface area (Å²) in [5.41, 5.74) is 2.73. The molecule has 2 aromatic heterocycles. The third-order valence-corrected chi connectivity index (χ3v) is 6.36. The van der Waals surface area contributed by atoms with Crippen LogP contribution in [0.5, 0.6) is 0 Å². The van der Waals surface area contributed by atoms with E-state index in [4.69, 9.17) is 0 Å². The largest absolute Gasteiger partial charge is 0.368 e. The van der Waals surface area contributed by atoms with Crippen LogP contribution < -0.4 is 10.2 Å². The highest BCUT2D eigenvalue weighted by Crippen LogP contribution is 2.21. The molecular formula is C28H33N5O. The first-order valence-corrected chi connectivity index (χ1v) is 11.7. The molecule has 0 unspecified atom stereocenters. The summed E-state index contributed by atoms with van der Waals surface area (Å²) in [5.74, 6) is -0.0987. The van der Waals surface area contributed by atoms with Crippen molar-refractivity contribution in [2.75, 3.05) is 44.2 Å². The van der Waals surface area contributed by atoms with Crippen LogP contribution in [0.3, 0.4) is 0 Å². The van der Waals surface area contributed by atoms with Crippen molar-refractivity contribution in [3.8, 4) is 0 Å². The monoisotopic (exact) mass is 455 g/mol. The Morgan fingerprint density at radius 3 is 2.38 bits per heavy atom. The minimum atomic E-state index is -0.0987. The lowest BCUT2D eigenvalue weighted by Gasteiger charge is -2.36. The van der Waals surface area contributed by atoms with Crippen molar-refractivity contribution in [1.29, 1.82) is 0 Å². The molecule has 1 amide bonds. The minimum absolute atomic E-state index is 0. The number of carbonyl (C=O) groups excluding carboxylic acids is 1. The molecule has 0 aliphatic carbocycles. The predicted octanol–water partition coefficient (Wildman–Crippen LogP) is 4.75. The van der Waals surface area contributed by atoms with E-state index in [0.717, 1.165) is 61.9 Å². The number of hydrogen-bond donors (Lipinski definition) is 1. The standard InChI is InChI=1S/C27H29N5O.CH4/c33-27(26-18-21-7-1-2-9-23(21)19-29-26)28-11-5-6-12-31-13-15-32(16-14-31)24-17-22-8-3-4-10-25(22)30-20-24;/h1-4,7-10,17-20H,5-6,11-16H2,(H,28,33);1H4. The second-order valence-electron chi connectivity index (χ2n) is 8.59. The number of benzene rings is 2. The Hall–Kier alpha value is -3.51. The van der Waals surface area contributed by atoms with E-state index in [1.807, 2.05) is 42.6 Å². The molecule has 5 rings (SSSR count). The van der Waals surface area contributed by atoms with Crippen LogP contribution in [0.1, 0.15) is 30.8 Å². The Morgan fingerprint density at radius 1 is 0.824 bits per heavy atom. The number of nitrogens with one attached hydrogen (secondary N) is 1. The number of amides is 1. The first-order chi connectivity index (χ1) is 16.3. The maximum atomic E-state index is 12.4. The van der Waals surface area contributed by atoms with Crippen molar-refractivity contribution >= 4 is 33.3 Å². The van der Waals surface area contributed by atoms with Crippen molar-refractivity contribution in [2.24, 2.45) is 0 Å². The van der Waals surface area contributed by atoms with Crippen molar-refractivity contribution in [1.82, 2.24) is 20.2 Å². The van der Waals surface area contributed by atoms with E-state index in [2.05, 4.69) is 49.4 Å². The Bertz CT molecular complexity index is 1250. The highest BCUT2D eigenvalue weighted by molar-refractivity contribution is 5.96. The average molecular weight is 456 g/mol. The summed E-state index contributed by atoms with van der Waals surface area (Å²) in [6, 6.07) is 20.3. The maximum absolute atomic E-state index is 12.4. The highest BCUT2D eigenvalue weighted by Gasteiger charge is 2.17. The van der Waals surface area contributed by atoms with Crippen LogP contribution in [0.15, 0.2) is 73.1 Å². The second kappa shape index (κ2) is 11.1. The van der Waals surface area contributed by atoms with Gasteiger partial charge in [-0.2, -0.15) is 0 Å². The molecular weight excluding hydrogens is 422 g/mol. The molecule has 34 heavy (non-hydrogen) atoms. The van der Waals surface area contributed by atoms with Crippen LogP contribution in [0, 0.1) is 0 Å². The number of aromatic nitrogens is 2. The predicted molar refractivity (Wildman–Crippen MR) is 140 cm³/mol. The Kier molecular flexibility index (Phi) is 7.70. The molecule has 4 aromatic rings. The Morgan fingerprint density at radius 2 is 1.56 bits per heavy atom. The molecule has 0 spiro atoms. The van der Waals surface area contributed by atoms with Crippen LogP contribution in [0.25, 0.3) is 21.7 Å². The highest BCUT2D eigenvalue weighted by atomic mass is 16.1. The maximum Gasteiger partial charge on any atom is 0.269 e. The van der Waals surface area contributed by atoms with E-state index >= 15 is 0 Å². The number of nitrogens with zero attached hydrogens (tertiary/aromatic N) is 4. The summed E-state index contributed by atoms with van der Waals surface area (Å²) < 4.78 is 0. The summed E-state index contributed by atoms with van der Waals surface area (Å²) in [6.45, 7) is 5.89. The summed E-state index contributed by atoms with van der Waals surface area (Å²) in [5, 5.41) is 6.29. The van der Waals surface area contributed by atoms with Gasteiger partial charge >= 0.3 is 0 Å². The number of piperazine rings is 1. The van der Waals surface area contributed by atoms with Gasteiger partial charge in [0.05, 0.1) is 17.4 Å². The quantitative estimate of drug-likeness (QED) is 0.408. The molecule has 0 saturated carbocycles. The molecule has 3 heterocycles. The Balaban J connectivity index is 0.00000274. The van der Waals surface area contributed by atoms with Crippen molar-refractivity contribution in [3.63, 3.8) is 0 Å². The lowest BCUT2D eigenvalue weighted by atomic mass is 10.1.